The van der Waals surface area contributed by atoms with Crippen LogP contribution in [0.25, 0.3) is 0 Å². The maximum absolute atomic E-state index is 12.5. The van der Waals surface area contributed by atoms with Crippen molar-refractivity contribution in [3.63, 3.8) is 0 Å². The topological polar surface area (TPSA) is 162 Å². The number of carbonyl (C=O) groups is 1. The molecular weight excluding hydrogens is 528 g/mol. The molecule has 1 saturated heterocycles. The number of hydrogen-bond acceptors (Lipinski definition) is 10. The van der Waals surface area contributed by atoms with E-state index in [4.69, 9.17) is 14.2 Å². The summed E-state index contributed by atoms with van der Waals surface area (Å²) in [5.41, 5.74) is -2.19. The Balaban J connectivity index is 1.26. The fourth-order valence-electron chi connectivity index (χ4n) is 10.0. The third-order valence-corrected chi connectivity index (χ3v) is 12.1. The molecular formula is C31H44N2O8. The van der Waals surface area contributed by atoms with Crippen LogP contribution in [0.3, 0.4) is 0 Å². The fourth-order valence-corrected chi connectivity index (χ4v) is 10.0. The number of esters is 1. The lowest BCUT2D eigenvalue weighted by Gasteiger charge is -2.66. The van der Waals surface area contributed by atoms with E-state index >= 15 is 0 Å². The molecule has 41 heavy (non-hydrogen) atoms. The van der Waals surface area contributed by atoms with E-state index in [1.807, 2.05) is 6.21 Å². The maximum atomic E-state index is 12.5. The molecule has 0 radical (unpaired) electrons. The van der Waals surface area contributed by atoms with E-state index in [1.54, 1.807) is 13.0 Å². The minimum Gasteiger partial charge on any atom is -0.458 e. The lowest BCUT2D eigenvalue weighted by molar-refractivity contribution is -0.282. The van der Waals surface area contributed by atoms with Crippen molar-refractivity contribution in [3.05, 3.63) is 11.6 Å². The average Bonchev–Trinajstić information content (AvgIpc) is 3.47. The summed E-state index contributed by atoms with van der Waals surface area (Å²) in [7, 11) is 0. The molecule has 0 aromatic carbocycles. The Morgan fingerprint density at radius 1 is 1.15 bits per heavy atom. The molecule has 2 heterocycles. The van der Waals surface area contributed by atoms with Gasteiger partial charge in [-0.25, -0.2) is 4.79 Å². The number of aliphatic hydroxyl groups excluding tert-OH is 2. The van der Waals surface area contributed by atoms with Gasteiger partial charge in [0.15, 0.2) is 6.29 Å². The van der Waals surface area contributed by atoms with Crippen molar-refractivity contribution in [3.8, 4) is 6.07 Å². The Kier molecular flexibility index (Phi) is 7.40. The van der Waals surface area contributed by atoms with Gasteiger partial charge in [-0.1, -0.05) is 6.92 Å². The van der Waals surface area contributed by atoms with E-state index in [9.17, 15) is 30.5 Å². The summed E-state index contributed by atoms with van der Waals surface area (Å²) >= 11 is 0. The van der Waals surface area contributed by atoms with Crippen LogP contribution in [0, 0.1) is 39.9 Å². The van der Waals surface area contributed by atoms with Crippen LogP contribution in [0.5, 0.6) is 0 Å². The minimum absolute atomic E-state index is 0.00933. The van der Waals surface area contributed by atoms with Gasteiger partial charge in [0, 0.05) is 36.0 Å². The van der Waals surface area contributed by atoms with Crippen LogP contribution in [0.4, 0.5) is 0 Å². The molecule has 6 rings (SSSR count). The Labute approximate surface area is 241 Å². The summed E-state index contributed by atoms with van der Waals surface area (Å²) in [4.78, 5) is 16.4. The molecule has 4 aliphatic carbocycles. The lowest BCUT2D eigenvalue weighted by atomic mass is 9.41. The number of aliphatic hydroxyl groups is 4. The Morgan fingerprint density at radius 3 is 2.63 bits per heavy atom. The van der Waals surface area contributed by atoms with Gasteiger partial charge in [0.25, 0.3) is 0 Å². The first-order chi connectivity index (χ1) is 19.5. The van der Waals surface area contributed by atoms with Crippen molar-refractivity contribution in [2.75, 3.05) is 13.2 Å². The predicted molar refractivity (Wildman–Crippen MR) is 146 cm³/mol. The molecule has 4 N–H and O–H groups in total. The molecule has 0 bridgehead atoms. The molecule has 2 aliphatic heterocycles. The molecule has 5 fully saturated rings. The summed E-state index contributed by atoms with van der Waals surface area (Å²) in [6, 6.07) is 2.09. The number of aliphatic imine (C=N–C) groups is 1. The number of nitriles is 1. The van der Waals surface area contributed by atoms with Gasteiger partial charge in [-0.3, -0.25) is 4.99 Å². The smallest absolute Gasteiger partial charge is 0.331 e. The second-order valence-electron chi connectivity index (χ2n) is 13.8. The first-order valence-corrected chi connectivity index (χ1v) is 15.3. The Morgan fingerprint density at radius 2 is 1.93 bits per heavy atom. The fraction of sp³-hybridized carbons (Fsp3) is 0.839. The Bertz CT molecular complexity index is 1140. The number of nitrogens with zero attached hydrogens (tertiary/aromatic N) is 2. The van der Waals surface area contributed by atoms with Crippen LogP contribution in [0.1, 0.15) is 78.1 Å². The molecule has 12 atom stereocenters. The zero-order valence-corrected chi connectivity index (χ0v) is 24.1. The van der Waals surface area contributed by atoms with Crippen molar-refractivity contribution < 1.29 is 39.4 Å². The van der Waals surface area contributed by atoms with E-state index in [-0.39, 0.29) is 42.8 Å². The summed E-state index contributed by atoms with van der Waals surface area (Å²) < 4.78 is 17.3. The van der Waals surface area contributed by atoms with E-state index in [2.05, 4.69) is 18.0 Å². The van der Waals surface area contributed by atoms with Crippen molar-refractivity contribution in [2.45, 2.75) is 120 Å². The monoisotopic (exact) mass is 572 g/mol. The van der Waals surface area contributed by atoms with Crippen molar-refractivity contribution in [1.82, 2.24) is 0 Å². The molecule has 11 unspecified atom stereocenters. The van der Waals surface area contributed by atoms with Crippen LogP contribution in [-0.2, 0) is 19.0 Å². The summed E-state index contributed by atoms with van der Waals surface area (Å²) in [6.07, 6.45) is 5.97. The van der Waals surface area contributed by atoms with Gasteiger partial charge in [0.05, 0.1) is 35.6 Å². The molecule has 10 nitrogen and oxygen atoms in total. The summed E-state index contributed by atoms with van der Waals surface area (Å²) in [6.45, 7) is 4.19. The molecule has 6 aliphatic rings. The van der Waals surface area contributed by atoms with Gasteiger partial charge in [0.2, 0.25) is 0 Å². The first kappa shape index (κ1) is 29.2. The number of fused-ring (bicyclic) bond motifs is 5. The largest absolute Gasteiger partial charge is 0.458 e. The predicted octanol–water partition coefficient (Wildman–Crippen LogP) is 2.17. The number of ether oxygens (including phenoxy) is 3. The third-order valence-electron chi connectivity index (χ3n) is 12.1. The van der Waals surface area contributed by atoms with Crippen LogP contribution in [0.2, 0.25) is 0 Å². The average molecular weight is 573 g/mol. The van der Waals surface area contributed by atoms with Gasteiger partial charge in [-0.2, -0.15) is 5.26 Å². The molecule has 0 aromatic rings. The highest BCUT2D eigenvalue weighted by Crippen LogP contribution is 2.70. The van der Waals surface area contributed by atoms with Gasteiger partial charge in [0.1, 0.15) is 19.3 Å². The SMILES string of the molecule is CC1OC(OC2CCC3(C=NCC#N)[C@H]4CCC5(C)C(C6=CC(=O)OC6)CCC5(O)C4CCC3(O)C2)CC(O)C1O. The number of cyclic esters (lactones) is 1. The lowest BCUT2D eigenvalue weighted by Crippen LogP contribution is -2.69. The quantitative estimate of drug-likeness (QED) is 0.167. The molecule has 0 spiro atoms. The normalized spacial score (nSPS) is 51.3. The minimum atomic E-state index is -1.13. The van der Waals surface area contributed by atoms with Gasteiger partial charge in [-0.05, 0) is 81.6 Å². The van der Waals surface area contributed by atoms with Gasteiger partial charge in [-0.15, -0.1) is 0 Å². The van der Waals surface area contributed by atoms with Crippen LogP contribution >= 0.6 is 0 Å². The van der Waals surface area contributed by atoms with Crippen LogP contribution < -0.4 is 0 Å². The molecule has 10 heteroatoms. The third kappa shape index (κ3) is 4.42. The van der Waals surface area contributed by atoms with Gasteiger partial charge >= 0.3 is 5.97 Å². The first-order valence-electron chi connectivity index (χ1n) is 15.3. The van der Waals surface area contributed by atoms with Gasteiger partial charge < -0.3 is 34.6 Å². The number of hydrogen-bond donors (Lipinski definition) is 4. The van der Waals surface area contributed by atoms with Crippen LogP contribution in [-0.4, -0.2) is 87.7 Å². The maximum Gasteiger partial charge on any atom is 0.331 e. The van der Waals surface area contributed by atoms with E-state index in [0.717, 1.165) is 24.8 Å². The highest BCUT2D eigenvalue weighted by molar-refractivity contribution is 5.85. The summed E-state index contributed by atoms with van der Waals surface area (Å²) in [5, 5.41) is 54.5. The van der Waals surface area contributed by atoms with E-state index in [1.165, 1.54) is 0 Å². The highest BCUT2D eigenvalue weighted by atomic mass is 16.7. The number of carbonyl (C=O) groups excluding carboxylic acids is 1. The second kappa shape index (κ2) is 10.4. The van der Waals surface area contributed by atoms with Crippen LogP contribution in [0.15, 0.2) is 16.6 Å². The van der Waals surface area contributed by atoms with Crippen molar-refractivity contribution >= 4 is 12.2 Å². The van der Waals surface area contributed by atoms with Crippen molar-refractivity contribution in [1.29, 1.82) is 5.26 Å². The standard InChI is InChI=1S/C31H44N2O8/c1-18-27(36)24(34)14-26(40-18)41-20-3-8-29(17-33-12-11-32)22-4-7-28(2)21(19-13-25(35)39-16-19)6-10-31(28,38)23(22)5-9-30(29,37)15-20/h13,17-18,20-24,26-27,34,36-38H,3-10,12,14-16H2,1-2H3/t18?,20?,21?,22-,23?,24?,26?,27?,28?,29?,30?,31?/m0/s1. The summed E-state index contributed by atoms with van der Waals surface area (Å²) in [5.74, 6) is -0.282. The Hall–Kier alpha value is -1.87. The highest BCUT2D eigenvalue weighted by Gasteiger charge is 2.71. The molecule has 226 valence electrons. The number of rotatable bonds is 5. The van der Waals surface area contributed by atoms with E-state index < -0.39 is 46.6 Å². The van der Waals surface area contributed by atoms with E-state index in [0.29, 0.717) is 45.1 Å². The molecule has 0 amide bonds. The zero-order valence-electron chi connectivity index (χ0n) is 24.1. The molecule has 0 aromatic heterocycles. The zero-order chi connectivity index (χ0) is 29.2. The molecule has 4 saturated carbocycles. The second-order valence-corrected chi connectivity index (χ2v) is 13.8. The van der Waals surface area contributed by atoms with Crippen molar-refractivity contribution in [2.24, 2.45) is 33.6 Å².